The van der Waals surface area contributed by atoms with Gasteiger partial charge < -0.3 is 4.90 Å². The Morgan fingerprint density at radius 1 is 1.32 bits per heavy atom. The Morgan fingerprint density at radius 2 is 2.04 bits per heavy atom. The zero-order valence-electron chi connectivity index (χ0n) is 14.5. The van der Waals surface area contributed by atoms with Crippen molar-refractivity contribution in [3.63, 3.8) is 0 Å². The minimum Gasteiger partial charge on any atom is -0.366 e. The van der Waals surface area contributed by atoms with E-state index in [0.29, 0.717) is 6.54 Å². The van der Waals surface area contributed by atoms with E-state index in [9.17, 15) is 9.18 Å². The fourth-order valence-electron chi connectivity index (χ4n) is 2.79. The number of fused-ring (bicyclic) bond motifs is 1. The standard InChI is InChI=1S/C18H20FN3OS2/c1-4-21(15-7-5-13(19)6-8-15)10-14-9-17(23)22-16(11-24-3)12(2)25-18(22)20-14/h5-9H,4,10-11H2,1-3H3. The van der Waals surface area contributed by atoms with Crippen molar-refractivity contribution in [1.29, 1.82) is 0 Å². The van der Waals surface area contributed by atoms with Crippen LogP contribution in [0.15, 0.2) is 35.1 Å². The van der Waals surface area contributed by atoms with Gasteiger partial charge in [-0.05, 0) is 44.4 Å². The summed E-state index contributed by atoms with van der Waals surface area (Å²) in [5, 5.41) is 0. The summed E-state index contributed by atoms with van der Waals surface area (Å²) < 4.78 is 14.9. The highest BCUT2D eigenvalue weighted by atomic mass is 32.2. The number of hydrogen-bond donors (Lipinski definition) is 0. The van der Waals surface area contributed by atoms with Crippen LogP contribution in [0.4, 0.5) is 10.1 Å². The van der Waals surface area contributed by atoms with Crippen molar-refractivity contribution in [3.05, 3.63) is 62.8 Å². The molecule has 0 aliphatic carbocycles. The second-order valence-corrected chi connectivity index (χ2v) is 7.78. The highest BCUT2D eigenvalue weighted by molar-refractivity contribution is 7.97. The summed E-state index contributed by atoms with van der Waals surface area (Å²) in [7, 11) is 0. The van der Waals surface area contributed by atoms with E-state index in [2.05, 4.69) is 9.88 Å². The molecule has 0 fully saturated rings. The van der Waals surface area contributed by atoms with Crippen LogP contribution in [0.25, 0.3) is 4.96 Å². The lowest BCUT2D eigenvalue weighted by molar-refractivity contribution is 0.627. The van der Waals surface area contributed by atoms with Gasteiger partial charge in [0.05, 0.1) is 17.9 Å². The molecule has 0 aliphatic heterocycles. The van der Waals surface area contributed by atoms with Crippen molar-refractivity contribution in [2.45, 2.75) is 26.1 Å². The summed E-state index contributed by atoms with van der Waals surface area (Å²) >= 11 is 3.24. The van der Waals surface area contributed by atoms with Crippen LogP contribution in [0.5, 0.6) is 0 Å². The Kier molecular flexibility index (Phi) is 5.44. The number of halogens is 1. The first-order valence-electron chi connectivity index (χ1n) is 8.04. The number of thioether (sulfide) groups is 1. The van der Waals surface area contributed by atoms with Crippen molar-refractivity contribution in [3.8, 4) is 0 Å². The SMILES string of the molecule is CCN(Cc1cc(=O)n2c(CSC)c(C)sc2n1)c1ccc(F)cc1. The summed E-state index contributed by atoms with van der Waals surface area (Å²) in [4.78, 5) is 21.2. The molecule has 3 rings (SSSR count). The molecule has 0 saturated heterocycles. The normalized spacial score (nSPS) is 11.2. The number of benzene rings is 1. The monoisotopic (exact) mass is 377 g/mol. The van der Waals surface area contributed by atoms with Crippen molar-refractivity contribution in [2.24, 2.45) is 0 Å². The number of hydrogen-bond acceptors (Lipinski definition) is 5. The zero-order valence-corrected chi connectivity index (χ0v) is 16.1. The number of thiazole rings is 1. The van der Waals surface area contributed by atoms with Crippen molar-refractivity contribution < 1.29 is 4.39 Å². The van der Waals surface area contributed by atoms with Gasteiger partial charge in [-0.2, -0.15) is 11.8 Å². The molecule has 7 heteroatoms. The Bertz CT molecular complexity index is 934. The minimum atomic E-state index is -0.257. The first-order chi connectivity index (χ1) is 12.0. The van der Waals surface area contributed by atoms with E-state index in [1.54, 1.807) is 45.7 Å². The average molecular weight is 378 g/mol. The first-order valence-corrected chi connectivity index (χ1v) is 10.2. The second kappa shape index (κ2) is 7.58. The van der Waals surface area contributed by atoms with Crippen molar-refractivity contribution >= 4 is 33.7 Å². The Morgan fingerprint density at radius 3 is 2.68 bits per heavy atom. The van der Waals surface area contributed by atoms with Crippen LogP contribution in [-0.4, -0.2) is 22.2 Å². The maximum absolute atomic E-state index is 13.1. The van der Waals surface area contributed by atoms with Gasteiger partial charge in [-0.1, -0.05) is 0 Å². The summed E-state index contributed by atoms with van der Waals surface area (Å²) in [6.45, 7) is 5.32. The third-order valence-electron chi connectivity index (χ3n) is 4.07. The van der Waals surface area contributed by atoms with Gasteiger partial charge in [0.2, 0.25) is 0 Å². The Balaban J connectivity index is 1.96. The van der Waals surface area contributed by atoms with Crippen LogP contribution < -0.4 is 10.5 Å². The van der Waals surface area contributed by atoms with E-state index in [-0.39, 0.29) is 11.4 Å². The van der Waals surface area contributed by atoms with Gasteiger partial charge in [-0.3, -0.25) is 9.20 Å². The molecule has 4 nitrogen and oxygen atoms in total. The molecular formula is C18H20FN3OS2. The van der Waals surface area contributed by atoms with E-state index in [4.69, 9.17) is 0 Å². The molecule has 0 amide bonds. The van der Waals surface area contributed by atoms with E-state index >= 15 is 0 Å². The smallest absolute Gasteiger partial charge is 0.259 e. The summed E-state index contributed by atoms with van der Waals surface area (Å²) in [5.74, 6) is 0.539. The number of rotatable bonds is 6. The van der Waals surface area contributed by atoms with Gasteiger partial charge >= 0.3 is 0 Å². The van der Waals surface area contributed by atoms with Gasteiger partial charge in [0.1, 0.15) is 5.82 Å². The van der Waals surface area contributed by atoms with Gasteiger partial charge in [0.25, 0.3) is 5.56 Å². The van der Waals surface area contributed by atoms with Crippen LogP contribution in [0.1, 0.15) is 23.2 Å². The third kappa shape index (κ3) is 3.72. The molecule has 0 bridgehead atoms. The molecule has 132 valence electrons. The molecule has 0 saturated carbocycles. The molecule has 25 heavy (non-hydrogen) atoms. The molecule has 0 spiro atoms. The van der Waals surface area contributed by atoms with Crippen LogP contribution in [-0.2, 0) is 12.3 Å². The lowest BCUT2D eigenvalue weighted by Gasteiger charge is -2.22. The van der Waals surface area contributed by atoms with Crippen molar-refractivity contribution in [1.82, 2.24) is 9.38 Å². The molecule has 1 aromatic carbocycles. The fourth-order valence-corrected chi connectivity index (χ4v) is 4.51. The molecular weight excluding hydrogens is 357 g/mol. The molecule has 0 N–H and O–H groups in total. The highest BCUT2D eigenvalue weighted by Gasteiger charge is 2.14. The van der Waals surface area contributed by atoms with Gasteiger partial charge in [-0.15, -0.1) is 11.3 Å². The average Bonchev–Trinajstić information content (AvgIpc) is 2.90. The lowest BCUT2D eigenvalue weighted by atomic mass is 10.2. The van der Waals surface area contributed by atoms with Gasteiger partial charge in [0.15, 0.2) is 4.96 Å². The van der Waals surface area contributed by atoms with Crippen LogP contribution in [0, 0.1) is 12.7 Å². The largest absolute Gasteiger partial charge is 0.366 e. The lowest BCUT2D eigenvalue weighted by Crippen LogP contribution is -2.25. The van der Waals surface area contributed by atoms with Crippen LogP contribution in [0.2, 0.25) is 0 Å². The molecule has 2 aromatic heterocycles. The zero-order chi connectivity index (χ0) is 18.0. The molecule has 0 aliphatic rings. The van der Waals surface area contributed by atoms with Gasteiger partial charge in [-0.25, -0.2) is 9.37 Å². The topological polar surface area (TPSA) is 37.6 Å². The van der Waals surface area contributed by atoms with E-state index < -0.39 is 0 Å². The second-order valence-electron chi connectivity index (χ2n) is 5.73. The maximum Gasteiger partial charge on any atom is 0.259 e. The summed E-state index contributed by atoms with van der Waals surface area (Å²) in [6, 6.07) is 7.99. The van der Waals surface area contributed by atoms with Crippen LogP contribution in [0.3, 0.4) is 0 Å². The molecule has 0 radical (unpaired) electrons. The quantitative estimate of drug-likeness (QED) is 0.648. The third-order valence-corrected chi connectivity index (χ3v) is 5.63. The molecule has 0 unspecified atom stereocenters. The summed E-state index contributed by atoms with van der Waals surface area (Å²) in [5.41, 5.74) is 2.63. The molecule has 3 aromatic rings. The van der Waals surface area contributed by atoms with E-state index in [0.717, 1.165) is 39.2 Å². The molecule has 0 atom stereocenters. The maximum atomic E-state index is 13.1. The van der Waals surface area contributed by atoms with Crippen molar-refractivity contribution in [2.75, 3.05) is 17.7 Å². The predicted octanol–water partition coefficient (Wildman–Crippen LogP) is 4.09. The first kappa shape index (κ1) is 17.9. The predicted molar refractivity (Wildman–Crippen MR) is 104 cm³/mol. The molecule has 2 heterocycles. The summed E-state index contributed by atoms with van der Waals surface area (Å²) in [6.07, 6.45) is 2.03. The number of anilines is 1. The van der Waals surface area contributed by atoms with E-state index in [1.165, 1.54) is 12.1 Å². The Labute approximate surface area is 154 Å². The van der Waals surface area contributed by atoms with E-state index in [1.807, 2.05) is 20.1 Å². The number of aromatic nitrogens is 2. The number of nitrogens with zero attached hydrogens (tertiary/aromatic N) is 3. The fraction of sp³-hybridized carbons (Fsp3) is 0.333. The van der Waals surface area contributed by atoms with Gasteiger partial charge in [0, 0.05) is 28.9 Å². The number of aryl methyl sites for hydroxylation is 1. The highest BCUT2D eigenvalue weighted by Crippen LogP contribution is 2.23. The Hall–Kier alpha value is -1.86. The minimum absolute atomic E-state index is 0.0384. The van der Waals surface area contributed by atoms with Crippen LogP contribution >= 0.6 is 23.1 Å².